The molecule has 1 rings (SSSR count). The first-order chi connectivity index (χ1) is 9.30. The fourth-order valence-electron chi connectivity index (χ4n) is 0.911. The van der Waals surface area contributed by atoms with Crippen molar-refractivity contribution in [3.05, 3.63) is 35.3 Å². The van der Waals surface area contributed by atoms with Gasteiger partial charge in [-0.1, -0.05) is 33.8 Å². The molecular formula is C13H19F3N2O2. The van der Waals surface area contributed by atoms with Crippen LogP contribution in [0.3, 0.4) is 0 Å². The lowest BCUT2D eigenvalue weighted by molar-refractivity contribution is -0.141. The number of halogens is 3. The fourth-order valence-corrected chi connectivity index (χ4v) is 0.911. The standard InChI is InChI=1S/C9H7F3N2O2.2C2H6/c10-9(11,12)7-3-1-2-5(14-7)4-6(13)8(15)16;2*1-2/h1-4H,13H2,(H,15,16);2*1-2H3/b6-4-;;. The van der Waals surface area contributed by atoms with Crippen LogP contribution in [-0.2, 0) is 11.0 Å². The molecule has 7 heteroatoms. The van der Waals surface area contributed by atoms with Gasteiger partial charge < -0.3 is 10.8 Å². The second kappa shape index (κ2) is 9.82. The number of aromatic nitrogens is 1. The maximum atomic E-state index is 12.2. The molecule has 0 fully saturated rings. The van der Waals surface area contributed by atoms with Crippen LogP contribution in [0.4, 0.5) is 13.2 Å². The van der Waals surface area contributed by atoms with E-state index in [4.69, 9.17) is 10.8 Å². The topological polar surface area (TPSA) is 76.2 Å². The van der Waals surface area contributed by atoms with Crippen LogP contribution in [0.2, 0.25) is 0 Å². The van der Waals surface area contributed by atoms with E-state index in [2.05, 4.69) is 4.98 Å². The lowest BCUT2D eigenvalue weighted by Gasteiger charge is -2.05. The first kappa shape index (κ1) is 20.3. The number of carboxylic acids is 1. The van der Waals surface area contributed by atoms with Gasteiger partial charge in [0, 0.05) is 0 Å². The Kier molecular flexibility index (Phi) is 9.96. The zero-order valence-corrected chi connectivity index (χ0v) is 11.8. The molecule has 20 heavy (non-hydrogen) atoms. The molecule has 0 aromatic carbocycles. The Labute approximate surface area is 116 Å². The number of nitrogens with zero attached hydrogens (tertiary/aromatic N) is 1. The van der Waals surface area contributed by atoms with Crippen molar-refractivity contribution in [1.29, 1.82) is 0 Å². The summed E-state index contributed by atoms with van der Waals surface area (Å²) in [4.78, 5) is 13.6. The number of hydrogen-bond donors (Lipinski definition) is 2. The van der Waals surface area contributed by atoms with Gasteiger partial charge in [0.1, 0.15) is 11.4 Å². The van der Waals surface area contributed by atoms with Crippen molar-refractivity contribution in [3.63, 3.8) is 0 Å². The van der Waals surface area contributed by atoms with Gasteiger partial charge in [0.15, 0.2) is 0 Å². The number of hydrogen-bond acceptors (Lipinski definition) is 3. The molecule has 4 nitrogen and oxygen atoms in total. The Hall–Kier alpha value is -2.05. The molecule has 114 valence electrons. The summed E-state index contributed by atoms with van der Waals surface area (Å²) < 4.78 is 36.7. The number of nitrogens with two attached hydrogens (primary N) is 1. The summed E-state index contributed by atoms with van der Waals surface area (Å²) >= 11 is 0. The second-order valence-electron chi connectivity index (χ2n) is 2.85. The molecule has 0 radical (unpaired) electrons. The molecule has 0 aliphatic rings. The predicted octanol–water partition coefficient (Wildman–Crippen LogP) is 3.54. The van der Waals surface area contributed by atoms with Gasteiger partial charge in [0.25, 0.3) is 0 Å². The average molecular weight is 292 g/mol. The minimum atomic E-state index is -4.57. The lowest BCUT2D eigenvalue weighted by Crippen LogP contribution is -2.11. The summed E-state index contributed by atoms with van der Waals surface area (Å²) in [6.45, 7) is 8.00. The Morgan fingerprint density at radius 2 is 1.75 bits per heavy atom. The highest BCUT2D eigenvalue weighted by Gasteiger charge is 2.32. The van der Waals surface area contributed by atoms with E-state index in [1.54, 1.807) is 0 Å². The summed E-state index contributed by atoms with van der Waals surface area (Å²) in [5.74, 6) is -1.42. The molecule has 0 bridgehead atoms. The fraction of sp³-hybridized carbons (Fsp3) is 0.385. The molecule has 1 heterocycles. The lowest BCUT2D eigenvalue weighted by atomic mass is 10.2. The Balaban J connectivity index is 0. The van der Waals surface area contributed by atoms with Gasteiger partial charge in [-0.15, -0.1) is 0 Å². The number of carbonyl (C=O) groups is 1. The van der Waals surface area contributed by atoms with Crippen molar-refractivity contribution in [1.82, 2.24) is 4.98 Å². The summed E-state index contributed by atoms with van der Waals surface area (Å²) in [5.41, 5.74) is 3.22. The largest absolute Gasteiger partial charge is 0.477 e. The predicted molar refractivity (Wildman–Crippen MR) is 71.7 cm³/mol. The van der Waals surface area contributed by atoms with Crippen molar-refractivity contribution < 1.29 is 23.1 Å². The number of aliphatic carboxylic acids is 1. The van der Waals surface area contributed by atoms with Crippen LogP contribution in [0.15, 0.2) is 23.9 Å². The van der Waals surface area contributed by atoms with Crippen LogP contribution in [0.1, 0.15) is 39.1 Å². The van der Waals surface area contributed by atoms with Crippen molar-refractivity contribution >= 4 is 12.0 Å². The Morgan fingerprint density at radius 3 is 2.15 bits per heavy atom. The van der Waals surface area contributed by atoms with E-state index in [0.29, 0.717) is 0 Å². The molecule has 0 saturated carbocycles. The van der Waals surface area contributed by atoms with Crippen LogP contribution in [0.5, 0.6) is 0 Å². The monoisotopic (exact) mass is 292 g/mol. The third-order valence-electron chi connectivity index (χ3n) is 1.61. The second-order valence-corrected chi connectivity index (χ2v) is 2.85. The Morgan fingerprint density at radius 1 is 1.25 bits per heavy atom. The summed E-state index contributed by atoms with van der Waals surface area (Å²) in [5, 5.41) is 8.43. The summed E-state index contributed by atoms with van der Waals surface area (Å²) in [6, 6.07) is 3.14. The van der Waals surface area contributed by atoms with E-state index < -0.39 is 23.5 Å². The van der Waals surface area contributed by atoms with Gasteiger partial charge >= 0.3 is 12.1 Å². The van der Waals surface area contributed by atoms with Crippen molar-refractivity contribution in [2.24, 2.45) is 5.73 Å². The van der Waals surface area contributed by atoms with Gasteiger partial charge in [-0.25, -0.2) is 9.78 Å². The van der Waals surface area contributed by atoms with Crippen molar-refractivity contribution in [2.75, 3.05) is 0 Å². The third kappa shape index (κ3) is 7.40. The average Bonchev–Trinajstić information content (AvgIpc) is 2.42. The van der Waals surface area contributed by atoms with Gasteiger partial charge in [0.2, 0.25) is 0 Å². The van der Waals surface area contributed by atoms with E-state index in [-0.39, 0.29) is 5.69 Å². The molecule has 1 aromatic rings. The van der Waals surface area contributed by atoms with Gasteiger partial charge in [-0.2, -0.15) is 13.2 Å². The number of carboxylic acid groups (broad SMARTS) is 1. The van der Waals surface area contributed by atoms with Crippen LogP contribution in [0, 0.1) is 0 Å². The van der Waals surface area contributed by atoms with E-state index in [1.165, 1.54) is 6.07 Å². The molecule has 0 amide bonds. The van der Waals surface area contributed by atoms with Crippen LogP contribution in [0.25, 0.3) is 6.08 Å². The quantitative estimate of drug-likeness (QED) is 0.817. The summed E-state index contributed by atoms with van der Waals surface area (Å²) in [6.07, 6.45) is -3.71. The van der Waals surface area contributed by atoms with Crippen LogP contribution >= 0.6 is 0 Å². The SMILES string of the molecule is CC.CC.N/C(=C\c1cccc(C(F)(F)F)n1)C(=O)O. The van der Waals surface area contributed by atoms with E-state index in [0.717, 1.165) is 18.2 Å². The molecule has 0 atom stereocenters. The smallest absolute Gasteiger partial charge is 0.433 e. The first-order valence-electron chi connectivity index (χ1n) is 6.05. The number of rotatable bonds is 2. The minimum Gasteiger partial charge on any atom is -0.477 e. The van der Waals surface area contributed by atoms with E-state index >= 15 is 0 Å². The maximum absolute atomic E-state index is 12.2. The van der Waals surface area contributed by atoms with Gasteiger partial charge in [-0.05, 0) is 18.2 Å². The minimum absolute atomic E-state index is 0.158. The molecule has 0 spiro atoms. The van der Waals surface area contributed by atoms with E-state index in [1.807, 2.05) is 27.7 Å². The van der Waals surface area contributed by atoms with Crippen molar-refractivity contribution in [2.45, 2.75) is 33.9 Å². The van der Waals surface area contributed by atoms with Crippen LogP contribution in [-0.4, -0.2) is 16.1 Å². The van der Waals surface area contributed by atoms with Gasteiger partial charge in [0.05, 0.1) is 5.69 Å². The molecule has 0 saturated heterocycles. The van der Waals surface area contributed by atoms with E-state index in [9.17, 15) is 18.0 Å². The molecule has 0 aliphatic heterocycles. The maximum Gasteiger partial charge on any atom is 0.433 e. The number of pyridine rings is 1. The first-order valence-corrected chi connectivity index (χ1v) is 6.05. The van der Waals surface area contributed by atoms with Gasteiger partial charge in [-0.3, -0.25) is 0 Å². The zero-order valence-electron chi connectivity index (χ0n) is 11.8. The highest BCUT2D eigenvalue weighted by molar-refractivity contribution is 5.90. The third-order valence-corrected chi connectivity index (χ3v) is 1.61. The molecule has 3 N–H and O–H groups in total. The molecular weight excluding hydrogens is 273 g/mol. The zero-order chi connectivity index (χ0) is 16.3. The summed E-state index contributed by atoms with van der Waals surface area (Å²) in [7, 11) is 0. The number of alkyl halides is 3. The highest BCUT2D eigenvalue weighted by atomic mass is 19.4. The highest BCUT2D eigenvalue weighted by Crippen LogP contribution is 2.27. The molecule has 0 aliphatic carbocycles. The normalized spacial score (nSPS) is 10.7. The Bertz CT molecular complexity index is 443. The molecule has 1 aromatic heterocycles. The van der Waals surface area contributed by atoms with Crippen molar-refractivity contribution in [3.8, 4) is 0 Å². The molecule has 0 unspecified atom stereocenters. The van der Waals surface area contributed by atoms with Crippen LogP contribution < -0.4 is 5.73 Å².